The van der Waals surface area contributed by atoms with Gasteiger partial charge in [0.2, 0.25) is 0 Å². The van der Waals surface area contributed by atoms with Crippen molar-refractivity contribution in [1.82, 2.24) is 5.32 Å². The summed E-state index contributed by atoms with van der Waals surface area (Å²) in [7, 11) is 0. The predicted octanol–water partition coefficient (Wildman–Crippen LogP) is 1.66. The van der Waals surface area contributed by atoms with E-state index < -0.39 is 0 Å². The summed E-state index contributed by atoms with van der Waals surface area (Å²) in [5.41, 5.74) is 5.78. The molecule has 1 aliphatic carbocycles. The van der Waals surface area contributed by atoms with Crippen LogP contribution in [0.5, 0.6) is 0 Å². The minimum atomic E-state index is -0.0436. The van der Waals surface area contributed by atoms with Crippen LogP contribution in [0.2, 0.25) is 0 Å². The summed E-state index contributed by atoms with van der Waals surface area (Å²) in [6, 6.07) is 0.646. The summed E-state index contributed by atoms with van der Waals surface area (Å²) in [6.45, 7) is 6.32. The van der Waals surface area contributed by atoms with Crippen molar-refractivity contribution in [1.29, 1.82) is 0 Å². The van der Waals surface area contributed by atoms with Crippen molar-refractivity contribution in [2.24, 2.45) is 5.73 Å². The van der Waals surface area contributed by atoms with Crippen LogP contribution in [-0.2, 0) is 4.74 Å². The second-order valence-electron chi connectivity index (χ2n) is 4.88. The number of rotatable bonds is 6. The van der Waals surface area contributed by atoms with Gasteiger partial charge >= 0.3 is 0 Å². The average molecular weight is 214 g/mol. The van der Waals surface area contributed by atoms with Crippen molar-refractivity contribution in [3.63, 3.8) is 0 Å². The van der Waals surface area contributed by atoms with Crippen LogP contribution in [-0.4, -0.2) is 31.3 Å². The lowest BCUT2D eigenvalue weighted by Crippen LogP contribution is -2.56. The Kier molecular flexibility index (Phi) is 5.58. The van der Waals surface area contributed by atoms with Gasteiger partial charge in [0.15, 0.2) is 0 Å². The van der Waals surface area contributed by atoms with E-state index in [0.29, 0.717) is 12.6 Å². The maximum atomic E-state index is 5.82. The topological polar surface area (TPSA) is 47.3 Å². The molecule has 1 rings (SSSR count). The van der Waals surface area contributed by atoms with Gasteiger partial charge in [0.1, 0.15) is 0 Å². The highest BCUT2D eigenvalue weighted by molar-refractivity contribution is 4.88. The maximum Gasteiger partial charge on any atom is 0.0657 e. The Morgan fingerprint density at radius 1 is 1.33 bits per heavy atom. The molecule has 0 aromatic rings. The van der Waals surface area contributed by atoms with E-state index in [0.717, 1.165) is 13.2 Å². The molecule has 0 aromatic carbocycles. The zero-order chi connectivity index (χ0) is 11.1. The lowest BCUT2D eigenvalue weighted by molar-refractivity contribution is 0.0781. The van der Waals surface area contributed by atoms with E-state index >= 15 is 0 Å². The molecule has 15 heavy (non-hydrogen) atoms. The van der Waals surface area contributed by atoms with Gasteiger partial charge in [-0.25, -0.2) is 0 Å². The first-order valence-corrected chi connectivity index (χ1v) is 6.25. The molecule has 0 bridgehead atoms. The summed E-state index contributed by atoms with van der Waals surface area (Å²) in [5, 5.41) is 3.67. The largest absolute Gasteiger partial charge is 0.380 e. The highest BCUT2D eigenvalue weighted by Gasteiger charge is 2.26. The summed E-state index contributed by atoms with van der Waals surface area (Å²) in [6.07, 6.45) is 6.69. The van der Waals surface area contributed by atoms with Crippen LogP contribution in [0, 0.1) is 0 Å². The van der Waals surface area contributed by atoms with Crippen molar-refractivity contribution in [3.8, 4) is 0 Å². The third kappa shape index (κ3) is 4.49. The van der Waals surface area contributed by atoms with Crippen molar-refractivity contribution >= 4 is 0 Å². The zero-order valence-corrected chi connectivity index (χ0v) is 10.2. The average Bonchev–Trinajstić information content (AvgIpc) is 2.28. The fourth-order valence-electron chi connectivity index (χ4n) is 2.23. The van der Waals surface area contributed by atoms with E-state index in [1.807, 2.05) is 6.92 Å². The van der Waals surface area contributed by atoms with Gasteiger partial charge in [-0.3, -0.25) is 0 Å². The van der Waals surface area contributed by atoms with Gasteiger partial charge in [-0.2, -0.15) is 0 Å². The Balaban J connectivity index is 2.35. The van der Waals surface area contributed by atoms with Crippen molar-refractivity contribution in [2.45, 2.75) is 57.5 Å². The van der Waals surface area contributed by atoms with E-state index in [2.05, 4.69) is 12.2 Å². The molecule has 0 saturated heterocycles. The quantitative estimate of drug-likeness (QED) is 0.707. The van der Waals surface area contributed by atoms with Gasteiger partial charge in [-0.15, -0.1) is 0 Å². The minimum Gasteiger partial charge on any atom is -0.380 e. The molecule has 1 aliphatic rings. The molecule has 1 fully saturated rings. The number of hydrogen-bond acceptors (Lipinski definition) is 3. The Hall–Kier alpha value is -0.120. The van der Waals surface area contributed by atoms with E-state index in [9.17, 15) is 0 Å². The van der Waals surface area contributed by atoms with Gasteiger partial charge in [0.25, 0.3) is 0 Å². The highest BCUT2D eigenvalue weighted by atomic mass is 16.5. The molecule has 3 heteroatoms. The lowest BCUT2D eigenvalue weighted by atomic mass is 9.92. The monoisotopic (exact) mass is 214 g/mol. The van der Waals surface area contributed by atoms with Crippen LogP contribution in [0.4, 0.5) is 0 Å². The Morgan fingerprint density at radius 3 is 2.53 bits per heavy atom. The summed E-state index contributed by atoms with van der Waals surface area (Å²) in [5.74, 6) is 0. The van der Waals surface area contributed by atoms with E-state index in [1.54, 1.807) is 0 Å². The predicted molar refractivity (Wildman–Crippen MR) is 64.0 cm³/mol. The number of ether oxygens (including phenoxy) is 1. The molecule has 0 aromatic heterocycles. The summed E-state index contributed by atoms with van der Waals surface area (Å²) < 4.78 is 5.49. The first-order chi connectivity index (χ1) is 7.20. The summed E-state index contributed by atoms with van der Waals surface area (Å²) in [4.78, 5) is 0. The molecule has 0 spiro atoms. The third-order valence-electron chi connectivity index (χ3n) is 3.23. The SMILES string of the molecule is CCOCC(C)(CN)NC1CCCCC1. The van der Waals surface area contributed by atoms with Crippen LogP contribution < -0.4 is 11.1 Å². The summed E-state index contributed by atoms with van der Waals surface area (Å²) >= 11 is 0. The molecule has 3 N–H and O–H groups in total. The molecule has 0 amide bonds. The fourth-order valence-corrected chi connectivity index (χ4v) is 2.23. The van der Waals surface area contributed by atoms with Crippen molar-refractivity contribution in [2.75, 3.05) is 19.8 Å². The van der Waals surface area contributed by atoms with E-state index in [4.69, 9.17) is 10.5 Å². The normalized spacial score (nSPS) is 22.6. The molecular formula is C12H26N2O. The highest BCUT2D eigenvalue weighted by Crippen LogP contribution is 2.19. The molecule has 0 aliphatic heterocycles. The molecule has 90 valence electrons. The third-order valence-corrected chi connectivity index (χ3v) is 3.23. The smallest absolute Gasteiger partial charge is 0.0657 e. The van der Waals surface area contributed by atoms with Gasteiger partial charge in [0, 0.05) is 19.2 Å². The fraction of sp³-hybridized carbons (Fsp3) is 1.00. The standard InChI is InChI=1S/C12H26N2O/c1-3-15-10-12(2,9-13)14-11-7-5-4-6-8-11/h11,14H,3-10,13H2,1-2H3. The molecule has 1 unspecified atom stereocenters. The number of nitrogens with two attached hydrogens (primary N) is 1. The Labute approximate surface area is 93.8 Å². The van der Waals surface area contributed by atoms with Gasteiger partial charge in [-0.1, -0.05) is 19.3 Å². The minimum absolute atomic E-state index is 0.0436. The van der Waals surface area contributed by atoms with Crippen LogP contribution in [0.25, 0.3) is 0 Å². The first-order valence-electron chi connectivity index (χ1n) is 6.25. The molecule has 1 atom stereocenters. The van der Waals surface area contributed by atoms with Crippen LogP contribution >= 0.6 is 0 Å². The van der Waals surface area contributed by atoms with Crippen molar-refractivity contribution in [3.05, 3.63) is 0 Å². The molecule has 3 nitrogen and oxygen atoms in total. The van der Waals surface area contributed by atoms with Gasteiger partial charge in [-0.05, 0) is 26.7 Å². The molecule has 0 radical (unpaired) electrons. The van der Waals surface area contributed by atoms with Gasteiger partial charge < -0.3 is 15.8 Å². The Bertz CT molecular complexity index is 169. The van der Waals surface area contributed by atoms with Crippen LogP contribution in [0.1, 0.15) is 46.0 Å². The van der Waals surface area contributed by atoms with Gasteiger partial charge in [0.05, 0.1) is 12.1 Å². The zero-order valence-electron chi connectivity index (χ0n) is 10.2. The van der Waals surface area contributed by atoms with E-state index in [-0.39, 0.29) is 5.54 Å². The molecular weight excluding hydrogens is 188 g/mol. The molecule has 1 saturated carbocycles. The maximum absolute atomic E-state index is 5.82. The second-order valence-corrected chi connectivity index (χ2v) is 4.88. The number of nitrogens with one attached hydrogen (secondary N) is 1. The lowest BCUT2D eigenvalue weighted by Gasteiger charge is -2.35. The first kappa shape index (κ1) is 12.9. The number of hydrogen-bond donors (Lipinski definition) is 2. The van der Waals surface area contributed by atoms with Crippen molar-refractivity contribution < 1.29 is 4.74 Å². The Morgan fingerprint density at radius 2 is 2.00 bits per heavy atom. The molecule has 0 heterocycles. The second kappa shape index (κ2) is 6.46. The van der Waals surface area contributed by atoms with Crippen LogP contribution in [0.15, 0.2) is 0 Å². The van der Waals surface area contributed by atoms with Crippen LogP contribution in [0.3, 0.4) is 0 Å². The van der Waals surface area contributed by atoms with E-state index in [1.165, 1.54) is 32.1 Å².